The minimum absolute atomic E-state index is 0.0820. The maximum absolute atomic E-state index is 12.7. The fourth-order valence-electron chi connectivity index (χ4n) is 2.68. The number of phenolic OH excluding ortho intramolecular Hbond substituents is 1. The summed E-state index contributed by atoms with van der Waals surface area (Å²) in [7, 11) is 2.95. The average molecular weight is 403 g/mol. The third-order valence-electron chi connectivity index (χ3n) is 4.21. The van der Waals surface area contributed by atoms with Gasteiger partial charge >= 0.3 is 5.69 Å². The third-order valence-corrected chi connectivity index (χ3v) is 4.36. The summed E-state index contributed by atoms with van der Waals surface area (Å²) in [5.74, 6) is 0.340. The quantitative estimate of drug-likeness (QED) is 0.499. The minimum Gasteiger partial charge on any atom is -0.507 e. The molecule has 0 bridgehead atoms. The highest BCUT2D eigenvalue weighted by molar-refractivity contribution is 6.29. The molecule has 0 radical (unpaired) electrons. The van der Waals surface area contributed by atoms with Gasteiger partial charge in [-0.25, -0.2) is 10.2 Å². The zero-order valence-electron chi connectivity index (χ0n) is 15.5. The highest BCUT2D eigenvalue weighted by Gasteiger charge is 2.18. The molecular weight excluding hydrogens is 384 g/mol. The molecule has 0 unspecified atom stereocenters. The Morgan fingerprint density at radius 3 is 2.68 bits per heavy atom. The molecule has 0 aliphatic rings. The van der Waals surface area contributed by atoms with Crippen molar-refractivity contribution in [3.05, 3.63) is 61.8 Å². The summed E-state index contributed by atoms with van der Waals surface area (Å²) in [6.07, 6.45) is 3.14. The van der Waals surface area contributed by atoms with Gasteiger partial charge in [0.05, 0.1) is 6.21 Å². The molecule has 2 aromatic heterocycles. The SMILES string of the molecule is C/C(Cl)=C\Cn1c(N/N=C\c2ccccc2O)nc2c1c(=O)n(C)c(=O)n2C. The smallest absolute Gasteiger partial charge is 0.332 e. The molecule has 0 saturated heterocycles. The van der Waals surface area contributed by atoms with E-state index in [4.69, 9.17) is 11.6 Å². The maximum atomic E-state index is 12.7. The number of aromatic nitrogens is 4. The molecule has 3 rings (SSSR count). The van der Waals surface area contributed by atoms with E-state index in [1.54, 1.807) is 48.9 Å². The standard InChI is InChI=1S/C18H19ClN6O3/c1-11(19)8-9-25-14-15(23(2)18(28)24(3)16(14)27)21-17(25)22-20-10-12-6-4-5-7-13(12)26/h4-8,10,26H,9H2,1-3H3,(H,21,22)/b11-8+,20-10-. The van der Waals surface area contributed by atoms with Crippen LogP contribution in [-0.2, 0) is 20.6 Å². The maximum Gasteiger partial charge on any atom is 0.332 e. The van der Waals surface area contributed by atoms with E-state index < -0.39 is 11.2 Å². The zero-order valence-corrected chi connectivity index (χ0v) is 16.3. The summed E-state index contributed by atoms with van der Waals surface area (Å²) in [6, 6.07) is 6.72. The number of anilines is 1. The summed E-state index contributed by atoms with van der Waals surface area (Å²) in [5.41, 5.74) is 2.82. The van der Waals surface area contributed by atoms with Gasteiger partial charge in [0.2, 0.25) is 5.95 Å². The van der Waals surface area contributed by atoms with Crippen LogP contribution < -0.4 is 16.7 Å². The molecule has 9 nitrogen and oxygen atoms in total. The Morgan fingerprint density at radius 1 is 1.29 bits per heavy atom. The Hall–Kier alpha value is -3.33. The minimum atomic E-state index is -0.476. The van der Waals surface area contributed by atoms with E-state index in [0.717, 1.165) is 4.57 Å². The third kappa shape index (κ3) is 3.56. The number of aryl methyl sites for hydroxylation is 1. The van der Waals surface area contributed by atoms with Gasteiger partial charge in [-0.05, 0) is 19.1 Å². The number of para-hydroxylation sites is 1. The summed E-state index contributed by atoms with van der Waals surface area (Å²) in [4.78, 5) is 29.2. The Kier molecular flexibility index (Phi) is 5.36. The number of halogens is 1. The summed E-state index contributed by atoms with van der Waals surface area (Å²) in [6.45, 7) is 1.98. The van der Waals surface area contributed by atoms with Crippen LogP contribution in [0.2, 0.25) is 0 Å². The van der Waals surface area contributed by atoms with Crippen LogP contribution in [0.3, 0.4) is 0 Å². The molecule has 0 saturated carbocycles. The van der Waals surface area contributed by atoms with Crippen LogP contribution in [-0.4, -0.2) is 30.0 Å². The number of aromatic hydroxyl groups is 1. The van der Waals surface area contributed by atoms with Crippen LogP contribution in [0.4, 0.5) is 5.95 Å². The van der Waals surface area contributed by atoms with Crippen molar-refractivity contribution in [2.45, 2.75) is 13.5 Å². The van der Waals surface area contributed by atoms with Crippen molar-refractivity contribution in [2.24, 2.45) is 19.2 Å². The first-order chi connectivity index (χ1) is 13.3. The van der Waals surface area contributed by atoms with Crippen molar-refractivity contribution in [1.82, 2.24) is 18.7 Å². The second-order valence-electron chi connectivity index (χ2n) is 6.14. The van der Waals surface area contributed by atoms with Gasteiger partial charge in [-0.2, -0.15) is 10.1 Å². The number of nitrogens with one attached hydrogen (secondary N) is 1. The summed E-state index contributed by atoms with van der Waals surface area (Å²) < 4.78 is 3.90. The Bertz CT molecular complexity index is 1210. The molecular formula is C18H19ClN6O3. The fourth-order valence-corrected chi connectivity index (χ4v) is 2.75. The zero-order chi connectivity index (χ0) is 20.4. The lowest BCUT2D eigenvalue weighted by Crippen LogP contribution is -2.37. The number of hydrazone groups is 1. The van der Waals surface area contributed by atoms with Crippen molar-refractivity contribution in [1.29, 1.82) is 0 Å². The molecule has 0 amide bonds. The van der Waals surface area contributed by atoms with Gasteiger partial charge in [-0.3, -0.25) is 18.5 Å². The Morgan fingerprint density at radius 2 is 2.00 bits per heavy atom. The number of allylic oxidation sites excluding steroid dienone is 2. The van der Waals surface area contributed by atoms with Crippen molar-refractivity contribution < 1.29 is 5.11 Å². The van der Waals surface area contributed by atoms with Gasteiger partial charge in [-0.1, -0.05) is 29.8 Å². The highest BCUT2D eigenvalue weighted by Crippen LogP contribution is 2.17. The van der Waals surface area contributed by atoms with Crippen LogP contribution in [0, 0.1) is 0 Å². The molecule has 1 aromatic carbocycles. The molecule has 28 heavy (non-hydrogen) atoms. The van der Waals surface area contributed by atoms with Crippen LogP contribution in [0.1, 0.15) is 12.5 Å². The molecule has 0 aliphatic heterocycles. The van der Waals surface area contributed by atoms with E-state index in [9.17, 15) is 14.7 Å². The molecule has 2 heterocycles. The van der Waals surface area contributed by atoms with E-state index >= 15 is 0 Å². The van der Waals surface area contributed by atoms with Crippen molar-refractivity contribution >= 4 is 34.9 Å². The van der Waals surface area contributed by atoms with Gasteiger partial charge in [0.1, 0.15) is 5.75 Å². The first-order valence-electron chi connectivity index (χ1n) is 8.37. The van der Waals surface area contributed by atoms with Crippen molar-refractivity contribution in [3.63, 3.8) is 0 Å². The number of hydrogen-bond donors (Lipinski definition) is 2. The topological polar surface area (TPSA) is 106 Å². The highest BCUT2D eigenvalue weighted by atomic mass is 35.5. The summed E-state index contributed by atoms with van der Waals surface area (Å²) >= 11 is 5.94. The van der Waals surface area contributed by atoms with E-state index in [1.165, 1.54) is 17.8 Å². The summed E-state index contributed by atoms with van der Waals surface area (Å²) in [5, 5.41) is 14.5. The number of hydrogen-bond acceptors (Lipinski definition) is 6. The lowest BCUT2D eigenvalue weighted by atomic mass is 10.2. The lowest BCUT2D eigenvalue weighted by molar-refractivity contribution is 0.474. The number of fused-ring (bicyclic) bond motifs is 1. The number of nitrogens with zero attached hydrogens (tertiary/aromatic N) is 5. The molecule has 2 N–H and O–H groups in total. The van der Waals surface area contributed by atoms with Crippen molar-refractivity contribution in [2.75, 3.05) is 5.43 Å². The van der Waals surface area contributed by atoms with Crippen LogP contribution in [0.15, 0.2) is 50.1 Å². The Balaban J connectivity index is 2.12. The molecule has 0 fully saturated rings. The van der Waals surface area contributed by atoms with Crippen molar-refractivity contribution in [3.8, 4) is 5.75 Å². The lowest BCUT2D eigenvalue weighted by Gasteiger charge is -2.07. The monoisotopic (exact) mass is 402 g/mol. The number of rotatable bonds is 5. The Labute approximate surface area is 164 Å². The molecule has 0 aliphatic carbocycles. The largest absolute Gasteiger partial charge is 0.507 e. The molecule has 0 atom stereocenters. The predicted octanol–water partition coefficient (Wildman–Crippen LogP) is 1.73. The fraction of sp³-hybridized carbons (Fsp3) is 0.222. The van der Waals surface area contributed by atoms with Crippen LogP contribution in [0.25, 0.3) is 11.2 Å². The van der Waals surface area contributed by atoms with E-state index in [2.05, 4.69) is 15.5 Å². The van der Waals surface area contributed by atoms with Gasteiger partial charge in [0.15, 0.2) is 11.2 Å². The normalized spacial score (nSPS) is 12.2. The van der Waals surface area contributed by atoms with Gasteiger partial charge in [0.25, 0.3) is 5.56 Å². The second-order valence-corrected chi connectivity index (χ2v) is 6.74. The molecule has 3 aromatic rings. The van der Waals surface area contributed by atoms with E-state index in [0.29, 0.717) is 10.6 Å². The van der Waals surface area contributed by atoms with Gasteiger partial charge in [-0.15, -0.1) is 0 Å². The van der Waals surface area contributed by atoms with E-state index in [-0.39, 0.29) is 29.4 Å². The van der Waals surface area contributed by atoms with E-state index in [1.807, 2.05) is 0 Å². The predicted molar refractivity (Wildman–Crippen MR) is 109 cm³/mol. The number of phenols is 1. The molecule has 146 valence electrons. The average Bonchev–Trinajstić information content (AvgIpc) is 3.03. The molecule has 0 spiro atoms. The van der Waals surface area contributed by atoms with Gasteiger partial charge < -0.3 is 5.11 Å². The van der Waals surface area contributed by atoms with Gasteiger partial charge in [0, 0.05) is 31.2 Å². The molecule has 10 heteroatoms. The number of benzene rings is 1. The van der Waals surface area contributed by atoms with Crippen LogP contribution in [0.5, 0.6) is 5.75 Å². The first kappa shape index (κ1) is 19.4. The number of imidazole rings is 1. The first-order valence-corrected chi connectivity index (χ1v) is 8.74. The van der Waals surface area contributed by atoms with Crippen LogP contribution >= 0.6 is 11.6 Å². The second kappa shape index (κ2) is 7.73.